The van der Waals surface area contributed by atoms with Crippen molar-refractivity contribution in [3.05, 3.63) is 22.3 Å². The predicted octanol–water partition coefficient (Wildman–Crippen LogP) is 1.98. The van der Waals surface area contributed by atoms with Crippen LogP contribution in [-0.4, -0.2) is 53.2 Å². The fourth-order valence-electron chi connectivity index (χ4n) is 2.12. The van der Waals surface area contributed by atoms with E-state index in [-0.39, 0.29) is 0 Å². The molecule has 0 radical (unpaired) electrons. The van der Waals surface area contributed by atoms with Crippen LogP contribution in [0.3, 0.4) is 0 Å². The van der Waals surface area contributed by atoms with E-state index in [0.29, 0.717) is 42.0 Å². The lowest BCUT2D eigenvalue weighted by Gasteiger charge is -2.37. The average molecular weight is 304 g/mol. The number of hydrogen-bond donors (Lipinski definition) is 1. The molecule has 19 heavy (non-hydrogen) atoms. The van der Waals surface area contributed by atoms with Gasteiger partial charge in [-0.05, 0) is 13.0 Å². The van der Waals surface area contributed by atoms with Gasteiger partial charge < -0.3 is 10.0 Å². The number of aliphatic carboxylic acids is 1. The minimum Gasteiger partial charge on any atom is -0.480 e. The minimum absolute atomic E-state index is 0.462. The lowest BCUT2D eigenvalue weighted by molar-refractivity contribution is -0.142. The van der Waals surface area contributed by atoms with Gasteiger partial charge in [0.05, 0.1) is 10.0 Å². The molecule has 2 rings (SSSR count). The molecule has 0 amide bonds. The summed E-state index contributed by atoms with van der Waals surface area (Å²) < 4.78 is 0. The fraction of sp³-hybridized carbons (Fsp3) is 0.500. The van der Waals surface area contributed by atoms with Gasteiger partial charge in [-0.15, -0.1) is 0 Å². The van der Waals surface area contributed by atoms with Gasteiger partial charge in [-0.2, -0.15) is 0 Å². The highest BCUT2D eigenvalue weighted by Gasteiger charge is 2.26. The van der Waals surface area contributed by atoms with E-state index in [0.717, 1.165) is 0 Å². The quantitative estimate of drug-likeness (QED) is 0.925. The van der Waals surface area contributed by atoms with E-state index < -0.39 is 12.0 Å². The molecule has 5 nitrogen and oxygen atoms in total. The average Bonchev–Trinajstić information content (AvgIpc) is 2.38. The Morgan fingerprint density at radius 1 is 1.37 bits per heavy atom. The summed E-state index contributed by atoms with van der Waals surface area (Å²) in [6, 6.07) is 1.20. The van der Waals surface area contributed by atoms with Gasteiger partial charge in [0.2, 0.25) is 0 Å². The monoisotopic (exact) mass is 303 g/mol. The van der Waals surface area contributed by atoms with Crippen LogP contribution in [0.4, 0.5) is 5.82 Å². The molecule has 0 saturated carbocycles. The Bertz CT molecular complexity index is 476. The molecule has 1 aliphatic heterocycles. The Labute approximate surface area is 121 Å². The maximum absolute atomic E-state index is 10.9. The van der Waals surface area contributed by atoms with Crippen molar-refractivity contribution < 1.29 is 9.90 Å². The first-order valence-electron chi connectivity index (χ1n) is 6.02. The highest BCUT2D eigenvalue weighted by atomic mass is 35.5. The smallest absolute Gasteiger partial charge is 0.320 e. The van der Waals surface area contributed by atoms with Gasteiger partial charge in [-0.3, -0.25) is 9.69 Å². The van der Waals surface area contributed by atoms with Crippen LogP contribution in [0.2, 0.25) is 10.0 Å². The van der Waals surface area contributed by atoms with Crippen molar-refractivity contribution >= 4 is 35.0 Å². The second-order valence-corrected chi connectivity index (χ2v) is 5.34. The van der Waals surface area contributed by atoms with Crippen LogP contribution < -0.4 is 4.90 Å². The largest absolute Gasteiger partial charge is 0.480 e. The second-order valence-electron chi connectivity index (χ2n) is 4.50. The molecule has 0 aromatic carbocycles. The van der Waals surface area contributed by atoms with Crippen molar-refractivity contribution in [3.63, 3.8) is 0 Å². The highest BCUT2D eigenvalue weighted by molar-refractivity contribution is 6.36. The number of aromatic nitrogens is 1. The maximum atomic E-state index is 10.9. The van der Waals surface area contributed by atoms with E-state index in [1.165, 1.54) is 0 Å². The first-order valence-corrected chi connectivity index (χ1v) is 6.77. The zero-order valence-corrected chi connectivity index (χ0v) is 12.0. The summed E-state index contributed by atoms with van der Waals surface area (Å²) in [7, 11) is 0. The number of rotatable bonds is 3. The number of nitrogens with zero attached hydrogens (tertiary/aromatic N) is 3. The van der Waals surface area contributed by atoms with Crippen LogP contribution in [0.1, 0.15) is 6.92 Å². The lowest BCUT2D eigenvalue weighted by atomic mass is 10.2. The summed E-state index contributed by atoms with van der Waals surface area (Å²) >= 11 is 11.9. The van der Waals surface area contributed by atoms with Crippen LogP contribution >= 0.6 is 23.2 Å². The van der Waals surface area contributed by atoms with Crippen LogP contribution in [-0.2, 0) is 4.79 Å². The number of carboxylic acid groups (broad SMARTS) is 1. The van der Waals surface area contributed by atoms with Crippen LogP contribution in [0, 0.1) is 0 Å². The molecule has 0 spiro atoms. The molecule has 1 aliphatic rings. The van der Waals surface area contributed by atoms with Gasteiger partial charge >= 0.3 is 5.97 Å². The molecule has 0 unspecified atom stereocenters. The molecule has 1 saturated heterocycles. The zero-order valence-electron chi connectivity index (χ0n) is 10.5. The molecule has 1 fully saturated rings. The molecule has 1 aromatic heterocycles. The molecular formula is C12H15Cl2N3O2. The molecule has 0 aliphatic carbocycles. The molecular weight excluding hydrogens is 289 g/mol. The molecule has 0 bridgehead atoms. The molecule has 104 valence electrons. The predicted molar refractivity (Wildman–Crippen MR) is 75.1 cm³/mol. The van der Waals surface area contributed by atoms with E-state index in [9.17, 15) is 4.79 Å². The third-order valence-corrected chi connectivity index (χ3v) is 3.79. The van der Waals surface area contributed by atoms with Crippen molar-refractivity contribution in [2.24, 2.45) is 0 Å². The second kappa shape index (κ2) is 5.94. The Morgan fingerprint density at radius 2 is 2.00 bits per heavy atom. The number of anilines is 1. The Balaban J connectivity index is 2.02. The third kappa shape index (κ3) is 3.29. The Hall–Kier alpha value is -1.04. The summed E-state index contributed by atoms with van der Waals surface area (Å²) in [5, 5.41) is 10.0. The maximum Gasteiger partial charge on any atom is 0.320 e. The molecule has 1 atom stereocenters. The van der Waals surface area contributed by atoms with Crippen LogP contribution in [0.25, 0.3) is 0 Å². The van der Waals surface area contributed by atoms with E-state index in [4.69, 9.17) is 28.3 Å². The van der Waals surface area contributed by atoms with Crippen molar-refractivity contribution in [2.45, 2.75) is 13.0 Å². The molecule has 2 heterocycles. The molecule has 1 N–H and O–H groups in total. The number of halogens is 2. The normalized spacial score (nSPS) is 18.4. The van der Waals surface area contributed by atoms with Crippen molar-refractivity contribution in [1.29, 1.82) is 0 Å². The van der Waals surface area contributed by atoms with E-state index in [1.807, 2.05) is 9.80 Å². The molecule has 7 heteroatoms. The first kappa shape index (κ1) is 14.4. The van der Waals surface area contributed by atoms with Gasteiger partial charge in [0.25, 0.3) is 0 Å². The summed E-state index contributed by atoms with van der Waals surface area (Å²) in [4.78, 5) is 19.2. The van der Waals surface area contributed by atoms with Crippen molar-refractivity contribution in [3.8, 4) is 0 Å². The Morgan fingerprint density at radius 3 is 2.53 bits per heavy atom. The SMILES string of the molecule is C[C@@H](C(=O)O)N1CCN(c2ncc(Cl)cc2Cl)CC1. The van der Waals surface area contributed by atoms with Gasteiger partial charge in [0.1, 0.15) is 11.9 Å². The van der Waals surface area contributed by atoms with Gasteiger partial charge in [0, 0.05) is 32.4 Å². The van der Waals surface area contributed by atoms with Crippen LogP contribution in [0.15, 0.2) is 12.3 Å². The number of carboxylic acids is 1. The standard InChI is InChI=1S/C12H15Cl2N3O2/c1-8(12(18)19)16-2-4-17(5-3-16)11-10(14)6-9(13)7-15-11/h6-8H,2-5H2,1H3,(H,18,19)/t8-/m0/s1. The molecule has 1 aromatic rings. The minimum atomic E-state index is -0.795. The summed E-state index contributed by atoms with van der Waals surface area (Å²) in [6.45, 7) is 4.45. The van der Waals surface area contributed by atoms with Crippen molar-refractivity contribution in [1.82, 2.24) is 9.88 Å². The van der Waals surface area contributed by atoms with Gasteiger partial charge in [-0.25, -0.2) is 4.98 Å². The van der Waals surface area contributed by atoms with E-state index >= 15 is 0 Å². The lowest BCUT2D eigenvalue weighted by Crippen LogP contribution is -2.52. The van der Waals surface area contributed by atoms with E-state index in [1.54, 1.807) is 19.2 Å². The zero-order chi connectivity index (χ0) is 14.0. The number of carbonyl (C=O) groups is 1. The van der Waals surface area contributed by atoms with E-state index in [2.05, 4.69) is 4.98 Å². The highest BCUT2D eigenvalue weighted by Crippen LogP contribution is 2.26. The third-order valence-electron chi connectivity index (χ3n) is 3.31. The number of pyridine rings is 1. The van der Waals surface area contributed by atoms with Crippen LogP contribution in [0.5, 0.6) is 0 Å². The topological polar surface area (TPSA) is 56.7 Å². The number of piperazine rings is 1. The summed E-state index contributed by atoms with van der Waals surface area (Å²) in [5.74, 6) is -0.0928. The summed E-state index contributed by atoms with van der Waals surface area (Å²) in [5.41, 5.74) is 0. The van der Waals surface area contributed by atoms with Crippen molar-refractivity contribution in [2.75, 3.05) is 31.1 Å². The van der Waals surface area contributed by atoms with Gasteiger partial charge in [-0.1, -0.05) is 23.2 Å². The fourth-order valence-corrected chi connectivity index (χ4v) is 2.62. The summed E-state index contributed by atoms with van der Waals surface area (Å²) in [6.07, 6.45) is 1.56. The Kier molecular flexibility index (Phi) is 4.50. The number of hydrogen-bond acceptors (Lipinski definition) is 4. The first-order chi connectivity index (χ1) is 8.99. The van der Waals surface area contributed by atoms with Gasteiger partial charge in [0.15, 0.2) is 0 Å².